The van der Waals surface area contributed by atoms with Gasteiger partial charge in [-0.1, -0.05) is 29.8 Å². The number of ether oxygens (including phenoxy) is 1. The minimum atomic E-state index is -0.357. The van der Waals surface area contributed by atoms with E-state index in [0.717, 1.165) is 4.47 Å². The predicted octanol–water partition coefficient (Wildman–Crippen LogP) is 4.51. The summed E-state index contributed by atoms with van der Waals surface area (Å²) >= 11 is 3.33. The van der Waals surface area contributed by atoms with Crippen molar-refractivity contribution in [3.05, 3.63) is 64.1 Å². The Balaban J connectivity index is 1.98. The van der Waals surface area contributed by atoms with Crippen LogP contribution >= 0.6 is 15.9 Å². The summed E-state index contributed by atoms with van der Waals surface area (Å²) in [6.07, 6.45) is 0. The molecule has 2 aromatic rings. The molecule has 1 N–H and O–H groups in total. The van der Waals surface area contributed by atoms with Gasteiger partial charge in [-0.05, 0) is 54.4 Å². The minimum absolute atomic E-state index is 0.201. The number of halogens is 1. The third kappa shape index (κ3) is 5.21. The summed E-state index contributed by atoms with van der Waals surface area (Å²) in [6, 6.07) is 13.7. The van der Waals surface area contributed by atoms with E-state index in [9.17, 15) is 9.59 Å². The molecule has 120 valence electrons. The first kappa shape index (κ1) is 17.2. The summed E-state index contributed by atoms with van der Waals surface area (Å²) in [4.78, 5) is 23.9. The normalized spacial score (nSPS) is 10.4. The minimum Gasteiger partial charge on any atom is -0.462 e. The van der Waals surface area contributed by atoms with E-state index in [1.807, 2.05) is 26.0 Å². The van der Waals surface area contributed by atoms with Crippen LogP contribution in [-0.4, -0.2) is 18.5 Å². The number of rotatable bonds is 5. The van der Waals surface area contributed by atoms with E-state index >= 15 is 0 Å². The van der Waals surface area contributed by atoms with Crippen molar-refractivity contribution < 1.29 is 14.3 Å². The molecule has 0 atom stereocenters. The average molecular weight is 376 g/mol. The topological polar surface area (TPSA) is 55.4 Å². The Bertz CT molecular complexity index is 678. The van der Waals surface area contributed by atoms with Gasteiger partial charge in [0.2, 0.25) is 0 Å². The standard InChI is InChI=1S/C18H18BrNO3/c1-12(2)11-23-18(22)14-5-9-16(10-6-14)20-17(21)13-3-7-15(19)8-4-13/h3-10,12H,11H2,1-2H3,(H,20,21). The first-order chi connectivity index (χ1) is 11.0. The molecule has 0 bridgehead atoms. The van der Waals surface area contributed by atoms with Gasteiger partial charge in [0.25, 0.3) is 5.91 Å². The van der Waals surface area contributed by atoms with Gasteiger partial charge in [-0.25, -0.2) is 4.79 Å². The van der Waals surface area contributed by atoms with Crippen molar-refractivity contribution in [2.75, 3.05) is 11.9 Å². The Morgan fingerprint density at radius 1 is 1.00 bits per heavy atom. The molecule has 0 aliphatic rings. The van der Waals surface area contributed by atoms with E-state index in [0.29, 0.717) is 29.3 Å². The Morgan fingerprint density at radius 3 is 2.13 bits per heavy atom. The van der Waals surface area contributed by atoms with Crippen LogP contribution in [0.1, 0.15) is 34.6 Å². The molecule has 0 aliphatic heterocycles. The lowest BCUT2D eigenvalue weighted by Gasteiger charge is -2.08. The van der Waals surface area contributed by atoms with Gasteiger partial charge >= 0.3 is 5.97 Å². The number of amides is 1. The summed E-state index contributed by atoms with van der Waals surface area (Å²) in [6.45, 7) is 4.35. The van der Waals surface area contributed by atoms with Crippen LogP contribution in [0, 0.1) is 5.92 Å². The lowest BCUT2D eigenvalue weighted by Crippen LogP contribution is -2.12. The molecule has 0 fully saturated rings. The second-order valence-corrected chi connectivity index (χ2v) is 6.45. The highest BCUT2D eigenvalue weighted by molar-refractivity contribution is 9.10. The van der Waals surface area contributed by atoms with Crippen molar-refractivity contribution >= 4 is 33.5 Å². The quantitative estimate of drug-likeness (QED) is 0.781. The van der Waals surface area contributed by atoms with Crippen LogP contribution in [-0.2, 0) is 4.74 Å². The van der Waals surface area contributed by atoms with Crippen LogP contribution in [0.25, 0.3) is 0 Å². The van der Waals surface area contributed by atoms with E-state index in [-0.39, 0.29) is 11.9 Å². The van der Waals surface area contributed by atoms with Crippen LogP contribution in [0.5, 0.6) is 0 Å². The van der Waals surface area contributed by atoms with Gasteiger partial charge in [-0.15, -0.1) is 0 Å². The molecule has 1 amide bonds. The predicted molar refractivity (Wildman–Crippen MR) is 93.7 cm³/mol. The lowest BCUT2D eigenvalue weighted by molar-refractivity contribution is 0.0459. The summed E-state index contributed by atoms with van der Waals surface area (Å²) in [5.74, 6) is -0.263. The van der Waals surface area contributed by atoms with E-state index < -0.39 is 0 Å². The number of carbonyl (C=O) groups excluding carboxylic acids is 2. The third-order valence-corrected chi connectivity index (χ3v) is 3.56. The van der Waals surface area contributed by atoms with E-state index in [4.69, 9.17) is 4.74 Å². The van der Waals surface area contributed by atoms with Gasteiger partial charge in [0.1, 0.15) is 0 Å². The zero-order valence-corrected chi connectivity index (χ0v) is 14.6. The Morgan fingerprint density at radius 2 is 1.57 bits per heavy atom. The molecule has 4 nitrogen and oxygen atoms in total. The highest BCUT2D eigenvalue weighted by Gasteiger charge is 2.09. The van der Waals surface area contributed by atoms with Crippen LogP contribution in [0.4, 0.5) is 5.69 Å². The lowest BCUT2D eigenvalue weighted by atomic mass is 10.2. The zero-order valence-electron chi connectivity index (χ0n) is 13.0. The monoisotopic (exact) mass is 375 g/mol. The number of hydrogen-bond donors (Lipinski definition) is 1. The second-order valence-electron chi connectivity index (χ2n) is 5.53. The summed E-state index contributed by atoms with van der Waals surface area (Å²) in [5.41, 5.74) is 1.65. The highest BCUT2D eigenvalue weighted by Crippen LogP contribution is 2.14. The van der Waals surface area contributed by atoms with Crippen molar-refractivity contribution in [1.29, 1.82) is 0 Å². The molecule has 0 saturated carbocycles. The summed E-state index contributed by atoms with van der Waals surface area (Å²) in [7, 11) is 0. The maximum Gasteiger partial charge on any atom is 0.338 e. The van der Waals surface area contributed by atoms with Gasteiger partial charge in [-0.2, -0.15) is 0 Å². The SMILES string of the molecule is CC(C)COC(=O)c1ccc(NC(=O)c2ccc(Br)cc2)cc1. The second kappa shape index (κ2) is 7.92. The van der Waals surface area contributed by atoms with Crippen LogP contribution in [0.2, 0.25) is 0 Å². The fourth-order valence-electron chi connectivity index (χ4n) is 1.82. The number of carbonyl (C=O) groups is 2. The van der Waals surface area contributed by atoms with Crippen LogP contribution in [0.15, 0.2) is 53.0 Å². The third-order valence-electron chi connectivity index (χ3n) is 3.03. The molecule has 0 aromatic heterocycles. The van der Waals surface area contributed by atoms with Gasteiger partial charge in [-0.3, -0.25) is 4.79 Å². The fraction of sp³-hybridized carbons (Fsp3) is 0.222. The molecule has 0 heterocycles. The maximum absolute atomic E-state index is 12.1. The first-order valence-electron chi connectivity index (χ1n) is 7.30. The molecule has 23 heavy (non-hydrogen) atoms. The number of nitrogens with one attached hydrogen (secondary N) is 1. The van der Waals surface area contributed by atoms with E-state index in [2.05, 4.69) is 21.2 Å². The molecule has 0 spiro atoms. The van der Waals surface area contributed by atoms with Crippen molar-refractivity contribution in [2.45, 2.75) is 13.8 Å². The molecule has 2 rings (SSSR count). The highest BCUT2D eigenvalue weighted by atomic mass is 79.9. The molecule has 5 heteroatoms. The molecular weight excluding hydrogens is 358 g/mol. The van der Waals surface area contributed by atoms with Crippen molar-refractivity contribution in [3.8, 4) is 0 Å². The summed E-state index contributed by atoms with van der Waals surface area (Å²) < 4.78 is 6.08. The van der Waals surface area contributed by atoms with Crippen molar-refractivity contribution in [2.24, 2.45) is 5.92 Å². The van der Waals surface area contributed by atoms with Gasteiger partial charge in [0, 0.05) is 15.7 Å². The first-order valence-corrected chi connectivity index (χ1v) is 8.09. The number of anilines is 1. The van der Waals surface area contributed by atoms with Gasteiger partial charge < -0.3 is 10.1 Å². The van der Waals surface area contributed by atoms with Crippen LogP contribution < -0.4 is 5.32 Å². The summed E-state index contributed by atoms with van der Waals surface area (Å²) in [5, 5.41) is 2.79. The maximum atomic E-state index is 12.1. The molecule has 0 unspecified atom stereocenters. The van der Waals surface area contributed by atoms with Crippen LogP contribution in [0.3, 0.4) is 0 Å². The van der Waals surface area contributed by atoms with Crippen molar-refractivity contribution in [1.82, 2.24) is 0 Å². The Hall–Kier alpha value is -2.14. The van der Waals surface area contributed by atoms with Crippen molar-refractivity contribution in [3.63, 3.8) is 0 Å². The molecule has 0 aliphatic carbocycles. The molecular formula is C18H18BrNO3. The molecule has 0 radical (unpaired) electrons. The van der Waals surface area contributed by atoms with E-state index in [1.54, 1.807) is 36.4 Å². The number of hydrogen-bond acceptors (Lipinski definition) is 3. The average Bonchev–Trinajstić information content (AvgIpc) is 2.54. The smallest absolute Gasteiger partial charge is 0.338 e. The fourth-order valence-corrected chi connectivity index (χ4v) is 2.08. The number of benzene rings is 2. The molecule has 2 aromatic carbocycles. The Labute approximate surface area is 144 Å². The van der Waals surface area contributed by atoms with Gasteiger partial charge in [0.15, 0.2) is 0 Å². The van der Waals surface area contributed by atoms with Gasteiger partial charge in [0.05, 0.1) is 12.2 Å². The number of esters is 1. The Kier molecular flexibility index (Phi) is 5.93. The largest absolute Gasteiger partial charge is 0.462 e. The van der Waals surface area contributed by atoms with E-state index in [1.165, 1.54) is 0 Å². The zero-order chi connectivity index (χ0) is 16.8. The molecule has 0 saturated heterocycles.